The van der Waals surface area contributed by atoms with Crippen LogP contribution in [0.5, 0.6) is 11.5 Å². The largest absolute Gasteiger partial charge is 1.00 e. The number of non-ortho nitro benzene ring substituents is 2. The zero-order chi connectivity index (χ0) is 44.2. The van der Waals surface area contributed by atoms with Gasteiger partial charge in [-0.15, -0.1) is 5.34 Å². The summed E-state index contributed by atoms with van der Waals surface area (Å²) >= 11 is 0. The van der Waals surface area contributed by atoms with E-state index in [-0.39, 0.29) is 103 Å². The van der Waals surface area contributed by atoms with Gasteiger partial charge in [0.25, 0.3) is 17.8 Å². The third-order valence-corrected chi connectivity index (χ3v) is 7.50. The maximum atomic E-state index is 10.5. The van der Waals surface area contributed by atoms with Crippen molar-refractivity contribution < 1.29 is 79.9 Å². The molecule has 0 bridgehead atoms. The first kappa shape index (κ1) is 67.0. The molecule has 0 fully saturated rings. The van der Waals surface area contributed by atoms with Gasteiger partial charge in [-0.2, -0.15) is 0 Å². The van der Waals surface area contributed by atoms with Crippen LogP contribution in [0.1, 0.15) is 104 Å². The van der Waals surface area contributed by atoms with Gasteiger partial charge in [0.2, 0.25) is 0 Å². The van der Waals surface area contributed by atoms with Crippen molar-refractivity contribution in [1.82, 2.24) is 6.15 Å². The molecule has 0 unspecified atom stereocenters. The zero-order valence-corrected chi connectivity index (χ0v) is 40.5. The topological polar surface area (TPSA) is 330 Å². The number of nitro groups is 2. The predicted octanol–water partition coefficient (Wildman–Crippen LogP) is 7.30. The number of aromatic hydroxyl groups is 2. The molecular formula is C41H63N7NaO10Pd-. The van der Waals surface area contributed by atoms with E-state index in [1.807, 2.05) is 79.7 Å². The van der Waals surface area contributed by atoms with Crippen molar-refractivity contribution in [2.45, 2.75) is 98.3 Å². The van der Waals surface area contributed by atoms with Crippen LogP contribution < -0.4 is 52.9 Å². The molecule has 334 valence electrons. The number of rotatable bonds is 3. The number of nitrogen functional groups attached to an aromatic ring is 3. The summed E-state index contributed by atoms with van der Waals surface area (Å²) in [5.74, 6) is 0.613. The molecule has 17 nitrogen and oxygen atoms in total. The van der Waals surface area contributed by atoms with Crippen molar-refractivity contribution in [1.29, 1.82) is 0 Å². The molecule has 4 rings (SSSR count). The van der Waals surface area contributed by atoms with Crippen LogP contribution in [0, 0.1) is 37.8 Å². The van der Waals surface area contributed by atoms with Crippen molar-refractivity contribution in [3.8, 4) is 11.5 Å². The minimum Gasteiger partial charge on any atom is -0.508 e. The van der Waals surface area contributed by atoms with Crippen LogP contribution in [-0.4, -0.2) is 31.6 Å². The van der Waals surface area contributed by atoms with Gasteiger partial charge >= 0.3 is 29.6 Å². The summed E-state index contributed by atoms with van der Waals surface area (Å²) in [5, 5.41) is 55.7. The number of phenols is 2. The Kier molecular flexibility index (Phi) is 34.7. The average molecular weight is 943 g/mol. The Labute approximate surface area is 389 Å². The van der Waals surface area contributed by atoms with Gasteiger partial charge in [0.15, 0.2) is 0 Å². The van der Waals surface area contributed by atoms with E-state index in [4.69, 9.17) is 37.2 Å². The number of para-hydroxylation sites is 1. The third-order valence-electron chi connectivity index (χ3n) is 7.50. The minimum atomic E-state index is -0.522. The molecule has 0 aromatic heterocycles. The van der Waals surface area contributed by atoms with E-state index in [9.17, 15) is 30.4 Å². The first-order valence-electron chi connectivity index (χ1n) is 17.1. The molecule has 19 heteroatoms. The molecule has 0 heterocycles. The SMILES string of the molecule is CC(C)(C)c1ccc([N+](=O)[O-])cc1N.CC(C)(C)c1ccc([N+](=O)[O-])cc1O.CC(C)(C)c1ccccc1N.CC(C)c1ccc(N)cc1O.N.O=CO.O=N[O-].[CH3-].[Na+].[Pd]. The minimum absolute atomic E-state index is 0. The summed E-state index contributed by atoms with van der Waals surface area (Å²) < 4.78 is 0. The number of hydrogen-bond acceptors (Lipinski definition) is 14. The molecule has 0 spiro atoms. The van der Waals surface area contributed by atoms with Gasteiger partial charge in [-0.1, -0.05) is 100 Å². The number of benzene rings is 4. The molecule has 0 saturated carbocycles. The normalized spacial score (nSPS) is 9.73. The molecule has 0 aliphatic rings. The molecule has 4 aromatic carbocycles. The standard InChI is InChI=1S/C10H14N2O2.C10H13NO3.C10H15N.C9H13NO.CH2O2.CH3.HNO2.H3N.Na.Pd/c1-10(2,3)8-5-4-7(12(13)14)6-9(8)11;1-10(2,3)8-5-4-7(11(13)14)6-9(8)12;1-10(2,3)8-6-4-5-7-9(8)11;1-6(2)8-4-3-7(10)5-9(8)11;2-1-3;;2-1-3;;;/h4-6H,11H2,1-3H3;4-6,12H,1-3H3;4-7H,11H2,1-3H3;3-6,11H,10H2,1-2H3;1H,(H,2,3);1H3;(H,2,3);1H3;;/q;;;;;-1;;;+1;/p-1. The summed E-state index contributed by atoms with van der Waals surface area (Å²) in [5.41, 5.74) is 22.6. The average Bonchev–Trinajstić information content (AvgIpc) is 3.04. The van der Waals surface area contributed by atoms with Crippen LogP contribution in [0.25, 0.3) is 0 Å². The maximum Gasteiger partial charge on any atom is 1.00 e. The molecule has 12 N–H and O–H groups in total. The van der Waals surface area contributed by atoms with Crippen LogP contribution in [0.15, 0.2) is 84.2 Å². The van der Waals surface area contributed by atoms with Crippen LogP contribution in [0.2, 0.25) is 0 Å². The van der Waals surface area contributed by atoms with Gasteiger partial charge in [-0.05, 0) is 68.7 Å². The number of phenolic OH excluding ortho intramolecular Hbond substituents is 2. The van der Waals surface area contributed by atoms with E-state index in [1.54, 1.807) is 24.3 Å². The van der Waals surface area contributed by atoms with Crippen molar-refractivity contribution >= 4 is 34.9 Å². The second kappa shape index (κ2) is 31.1. The number of carboxylic acid groups (broad SMARTS) is 1. The molecule has 0 aliphatic carbocycles. The van der Waals surface area contributed by atoms with Gasteiger partial charge in [0, 0.05) is 61.8 Å². The number of nitrogens with two attached hydrogens (primary N) is 3. The Balaban J connectivity index is -0.000000152. The molecular weight excluding hydrogens is 880 g/mol. The van der Waals surface area contributed by atoms with Gasteiger partial charge in [-0.25, -0.2) is 0 Å². The molecule has 0 amide bonds. The number of nitro benzene ring substituents is 2. The van der Waals surface area contributed by atoms with Crippen molar-refractivity contribution in [3.05, 3.63) is 139 Å². The maximum absolute atomic E-state index is 10.5. The fraction of sp³-hybridized carbons (Fsp3) is 0.366. The molecule has 0 radical (unpaired) electrons. The summed E-state index contributed by atoms with van der Waals surface area (Å²) in [6.07, 6.45) is 0. The summed E-state index contributed by atoms with van der Waals surface area (Å²) in [7, 11) is 0. The second-order valence-electron chi connectivity index (χ2n) is 15.5. The van der Waals surface area contributed by atoms with Gasteiger partial charge < -0.3 is 56.2 Å². The summed E-state index contributed by atoms with van der Waals surface area (Å²) in [6.45, 7) is 22.2. The van der Waals surface area contributed by atoms with Gasteiger partial charge in [-0.3, -0.25) is 25.0 Å². The number of carbonyl (C=O) groups is 1. The third kappa shape index (κ3) is 25.6. The fourth-order valence-corrected chi connectivity index (χ4v) is 4.84. The molecule has 0 atom stereocenters. The Morgan fingerprint density at radius 3 is 1.33 bits per heavy atom. The Morgan fingerprint density at radius 2 is 1.03 bits per heavy atom. The quantitative estimate of drug-likeness (QED) is 0.0202. The fourth-order valence-electron chi connectivity index (χ4n) is 4.84. The van der Waals surface area contributed by atoms with E-state index in [2.05, 4.69) is 26.8 Å². The van der Waals surface area contributed by atoms with E-state index < -0.39 is 9.85 Å². The van der Waals surface area contributed by atoms with Crippen LogP contribution in [0.3, 0.4) is 0 Å². The van der Waals surface area contributed by atoms with Crippen LogP contribution >= 0.6 is 0 Å². The molecule has 0 aliphatic heterocycles. The van der Waals surface area contributed by atoms with E-state index in [1.165, 1.54) is 29.8 Å². The number of anilines is 3. The second-order valence-corrected chi connectivity index (χ2v) is 15.5. The Hall–Kier alpha value is -4.83. The summed E-state index contributed by atoms with van der Waals surface area (Å²) in [4.78, 5) is 36.3. The van der Waals surface area contributed by atoms with Crippen LogP contribution in [-0.2, 0) is 41.5 Å². The van der Waals surface area contributed by atoms with Crippen molar-refractivity contribution in [2.75, 3.05) is 17.2 Å². The number of nitrogens with zero attached hydrogens (tertiary/aromatic N) is 3. The van der Waals surface area contributed by atoms with Crippen molar-refractivity contribution in [3.63, 3.8) is 0 Å². The Morgan fingerprint density at radius 1 is 0.667 bits per heavy atom. The molecule has 0 saturated heterocycles. The predicted molar refractivity (Wildman–Crippen MR) is 235 cm³/mol. The number of hydrogen-bond donors (Lipinski definition) is 7. The molecule has 60 heavy (non-hydrogen) atoms. The van der Waals surface area contributed by atoms with Crippen LogP contribution in [0.4, 0.5) is 28.4 Å². The van der Waals surface area contributed by atoms with E-state index in [0.717, 1.165) is 22.2 Å². The van der Waals surface area contributed by atoms with Gasteiger partial charge in [0.1, 0.15) is 11.5 Å². The molecule has 4 aromatic rings. The first-order valence-corrected chi connectivity index (χ1v) is 17.1. The van der Waals surface area contributed by atoms with Crippen molar-refractivity contribution in [2.24, 2.45) is 5.34 Å². The smallest absolute Gasteiger partial charge is 0.508 e. The van der Waals surface area contributed by atoms with E-state index in [0.29, 0.717) is 28.6 Å². The monoisotopic (exact) mass is 942 g/mol. The first-order chi connectivity index (χ1) is 25.6. The van der Waals surface area contributed by atoms with E-state index >= 15 is 0 Å². The Bertz CT molecular complexity index is 1800. The summed E-state index contributed by atoms with van der Waals surface area (Å²) in [6, 6.07) is 22.0. The zero-order valence-electron chi connectivity index (χ0n) is 37.0. The van der Waals surface area contributed by atoms with Gasteiger partial charge in [0.05, 0.1) is 15.9 Å².